The minimum Gasteiger partial charge on any atom is -0.497 e. The largest absolute Gasteiger partial charge is 0.497 e. The van der Waals surface area contributed by atoms with E-state index in [1.807, 2.05) is 19.1 Å². The Kier molecular flexibility index (Phi) is 4.73. The van der Waals surface area contributed by atoms with Crippen LogP contribution in [0.25, 0.3) is 0 Å². The van der Waals surface area contributed by atoms with Gasteiger partial charge < -0.3 is 15.2 Å². The molecule has 5 nitrogen and oxygen atoms in total. The number of pyridine rings is 1. The number of carbonyl (C=O) groups is 1. The van der Waals surface area contributed by atoms with Gasteiger partial charge in [-0.3, -0.25) is 9.78 Å². The van der Waals surface area contributed by atoms with Gasteiger partial charge in [-0.1, -0.05) is 13.0 Å². The first-order valence-electron chi connectivity index (χ1n) is 9.67. The number of aromatic nitrogens is 1. The van der Waals surface area contributed by atoms with E-state index < -0.39 is 11.3 Å². The third-order valence-electron chi connectivity index (χ3n) is 6.20. The fourth-order valence-electron chi connectivity index (χ4n) is 4.04. The van der Waals surface area contributed by atoms with Crippen molar-refractivity contribution in [1.29, 1.82) is 0 Å². The Hall–Kier alpha value is -2.63. The molecule has 1 aromatic heterocycles. The van der Waals surface area contributed by atoms with Gasteiger partial charge in [0.1, 0.15) is 17.3 Å². The van der Waals surface area contributed by atoms with Crippen molar-refractivity contribution < 1.29 is 18.7 Å². The monoisotopic (exact) mass is 384 g/mol. The predicted molar refractivity (Wildman–Crippen MR) is 103 cm³/mol. The molecule has 0 bridgehead atoms. The average molecular weight is 384 g/mol. The predicted octanol–water partition coefficient (Wildman–Crippen LogP) is 3.78. The zero-order valence-electron chi connectivity index (χ0n) is 16.2. The normalized spacial score (nSPS) is 24.5. The summed E-state index contributed by atoms with van der Waals surface area (Å²) in [5.74, 6) is 0.552. The Morgan fingerprint density at radius 2 is 2.07 bits per heavy atom. The number of hydrogen-bond donors (Lipinski definition) is 1. The highest BCUT2D eigenvalue weighted by atomic mass is 19.1. The van der Waals surface area contributed by atoms with Crippen molar-refractivity contribution in [1.82, 2.24) is 4.98 Å². The van der Waals surface area contributed by atoms with E-state index in [1.54, 1.807) is 18.3 Å². The first-order valence-corrected chi connectivity index (χ1v) is 9.67. The van der Waals surface area contributed by atoms with Gasteiger partial charge in [-0.2, -0.15) is 0 Å². The maximum Gasteiger partial charge on any atom is 0.224 e. The van der Waals surface area contributed by atoms with Crippen LogP contribution in [-0.2, 0) is 4.79 Å². The van der Waals surface area contributed by atoms with Gasteiger partial charge in [0, 0.05) is 23.6 Å². The van der Waals surface area contributed by atoms with E-state index >= 15 is 0 Å². The molecule has 2 aromatic rings. The smallest absolute Gasteiger partial charge is 0.224 e. The minimum atomic E-state index is -0.835. The molecule has 1 aromatic carbocycles. The van der Waals surface area contributed by atoms with Crippen LogP contribution in [0.3, 0.4) is 0 Å². The van der Waals surface area contributed by atoms with Crippen LogP contribution in [0.15, 0.2) is 36.5 Å². The van der Waals surface area contributed by atoms with Gasteiger partial charge in [0.25, 0.3) is 0 Å². The van der Waals surface area contributed by atoms with Crippen molar-refractivity contribution in [3.63, 3.8) is 0 Å². The molecule has 2 fully saturated rings. The first kappa shape index (κ1) is 18.7. The van der Waals surface area contributed by atoms with Crippen LogP contribution in [0, 0.1) is 17.2 Å². The third kappa shape index (κ3) is 3.32. The van der Waals surface area contributed by atoms with Gasteiger partial charge in [0.15, 0.2) is 0 Å². The highest BCUT2D eigenvalue weighted by Crippen LogP contribution is 2.66. The SMILES string of the molecule is COc1ccc(C2CC2(C(N)=O)[C@@H](C)c2ccc(OCC3CC3)cn2)c(F)c1. The number of methoxy groups -OCH3 is 1. The Morgan fingerprint density at radius 1 is 1.32 bits per heavy atom. The molecule has 0 spiro atoms. The second kappa shape index (κ2) is 7.08. The van der Waals surface area contributed by atoms with Gasteiger partial charge >= 0.3 is 0 Å². The summed E-state index contributed by atoms with van der Waals surface area (Å²) >= 11 is 0. The molecular formula is C22H25FN2O3. The van der Waals surface area contributed by atoms with Gasteiger partial charge in [-0.15, -0.1) is 0 Å². The molecule has 0 radical (unpaired) electrons. The Bertz CT molecular complexity index is 882. The lowest BCUT2D eigenvalue weighted by Gasteiger charge is -2.22. The second-order valence-electron chi connectivity index (χ2n) is 7.94. The quantitative estimate of drug-likeness (QED) is 0.752. The van der Waals surface area contributed by atoms with Crippen molar-refractivity contribution in [2.24, 2.45) is 17.1 Å². The molecule has 4 rings (SSSR count). The summed E-state index contributed by atoms with van der Waals surface area (Å²) in [7, 11) is 1.49. The van der Waals surface area contributed by atoms with Crippen molar-refractivity contribution >= 4 is 5.91 Å². The van der Waals surface area contributed by atoms with Gasteiger partial charge in [-0.25, -0.2) is 4.39 Å². The maximum atomic E-state index is 14.5. The number of nitrogens with zero attached hydrogens (tertiary/aromatic N) is 1. The summed E-state index contributed by atoms with van der Waals surface area (Å²) in [6.45, 7) is 2.65. The Labute approximate surface area is 164 Å². The zero-order chi connectivity index (χ0) is 19.9. The second-order valence-corrected chi connectivity index (χ2v) is 7.94. The summed E-state index contributed by atoms with van der Waals surface area (Å²) in [5.41, 5.74) is 6.20. The molecule has 2 N–H and O–H groups in total. The molecule has 6 heteroatoms. The lowest BCUT2D eigenvalue weighted by molar-refractivity contribution is -0.124. The van der Waals surface area contributed by atoms with Gasteiger partial charge in [-0.05, 0) is 48.9 Å². The van der Waals surface area contributed by atoms with Crippen LogP contribution >= 0.6 is 0 Å². The van der Waals surface area contributed by atoms with E-state index in [9.17, 15) is 9.18 Å². The zero-order valence-corrected chi connectivity index (χ0v) is 16.2. The molecule has 0 saturated heterocycles. The number of halogens is 1. The lowest BCUT2D eigenvalue weighted by Crippen LogP contribution is -2.31. The summed E-state index contributed by atoms with van der Waals surface area (Å²) in [4.78, 5) is 16.9. The molecule has 2 saturated carbocycles. The Morgan fingerprint density at radius 3 is 2.64 bits per heavy atom. The molecule has 0 aliphatic heterocycles. The Balaban J connectivity index is 1.54. The van der Waals surface area contributed by atoms with Crippen LogP contribution in [0.4, 0.5) is 4.39 Å². The number of benzene rings is 1. The molecule has 28 heavy (non-hydrogen) atoms. The lowest BCUT2D eigenvalue weighted by atomic mass is 9.83. The molecule has 1 heterocycles. The van der Waals surface area contributed by atoms with Crippen molar-refractivity contribution in [3.8, 4) is 11.5 Å². The van der Waals surface area contributed by atoms with E-state index in [0.717, 1.165) is 18.1 Å². The number of carbonyl (C=O) groups excluding carboxylic acids is 1. The van der Waals surface area contributed by atoms with Crippen molar-refractivity contribution in [3.05, 3.63) is 53.6 Å². The van der Waals surface area contributed by atoms with Crippen LogP contribution in [-0.4, -0.2) is 24.6 Å². The van der Waals surface area contributed by atoms with Gasteiger partial charge in [0.05, 0.1) is 25.3 Å². The molecule has 1 amide bonds. The molecular weight excluding hydrogens is 359 g/mol. The molecule has 2 aliphatic carbocycles. The summed E-state index contributed by atoms with van der Waals surface area (Å²) in [5, 5.41) is 0. The van der Waals surface area contributed by atoms with Crippen LogP contribution < -0.4 is 15.2 Å². The highest BCUT2D eigenvalue weighted by molar-refractivity contribution is 5.87. The van der Waals surface area contributed by atoms with E-state index in [2.05, 4.69) is 4.98 Å². The molecule has 2 aliphatic rings. The first-order chi connectivity index (χ1) is 13.5. The summed E-state index contributed by atoms with van der Waals surface area (Å²) in [6.07, 6.45) is 4.66. The van der Waals surface area contributed by atoms with Crippen LogP contribution in [0.5, 0.6) is 11.5 Å². The number of amides is 1. The topological polar surface area (TPSA) is 74.4 Å². The number of hydrogen-bond acceptors (Lipinski definition) is 4. The van der Waals surface area contributed by atoms with E-state index in [4.69, 9.17) is 15.2 Å². The van der Waals surface area contributed by atoms with Crippen molar-refractivity contribution in [2.75, 3.05) is 13.7 Å². The summed E-state index contributed by atoms with van der Waals surface area (Å²) in [6, 6.07) is 8.48. The molecule has 148 valence electrons. The molecule has 3 atom stereocenters. The number of rotatable bonds is 8. The van der Waals surface area contributed by atoms with E-state index in [0.29, 0.717) is 23.7 Å². The number of ether oxygens (including phenoxy) is 2. The van der Waals surface area contributed by atoms with Gasteiger partial charge in [0.2, 0.25) is 5.91 Å². The van der Waals surface area contributed by atoms with E-state index in [-0.39, 0.29) is 17.7 Å². The fraction of sp³-hybridized carbons (Fsp3) is 0.455. The third-order valence-corrected chi connectivity index (χ3v) is 6.20. The highest BCUT2D eigenvalue weighted by Gasteiger charge is 2.63. The van der Waals surface area contributed by atoms with Crippen molar-refractivity contribution in [2.45, 2.75) is 38.0 Å². The summed E-state index contributed by atoms with van der Waals surface area (Å²) < 4.78 is 25.3. The number of primary amides is 1. The fourth-order valence-corrected chi connectivity index (χ4v) is 4.04. The maximum absolute atomic E-state index is 14.5. The molecule has 2 unspecified atom stereocenters. The average Bonchev–Trinajstić information content (AvgIpc) is 3.60. The minimum absolute atomic E-state index is 0.228. The van der Waals surface area contributed by atoms with Crippen LogP contribution in [0.1, 0.15) is 49.3 Å². The van der Waals surface area contributed by atoms with E-state index in [1.165, 1.54) is 26.0 Å². The number of nitrogens with two attached hydrogens (primary N) is 1. The van der Waals surface area contributed by atoms with Crippen LogP contribution in [0.2, 0.25) is 0 Å². The standard InChI is InChI=1S/C22H25FN2O3/c1-13(20-8-6-16(11-25-20)28-12-14-3-4-14)22(21(24)26)10-18(22)17-7-5-15(27-2)9-19(17)23/h5-9,11,13-14,18H,3-4,10,12H2,1-2H3,(H2,24,26)/t13-,18?,22?/m0/s1.